The van der Waals surface area contributed by atoms with Crippen LogP contribution in [0.2, 0.25) is 0 Å². The van der Waals surface area contributed by atoms with E-state index in [4.69, 9.17) is 10.5 Å². The van der Waals surface area contributed by atoms with Crippen molar-refractivity contribution in [1.82, 2.24) is 9.88 Å². The summed E-state index contributed by atoms with van der Waals surface area (Å²) in [4.78, 5) is 29.8. The molecule has 2 aliphatic rings. The van der Waals surface area contributed by atoms with Gasteiger partial charge in [0, 0.05) is 43.7 Å². The molecule has 6 heteroatoms. The topological polar surface area (TPSA) is 85.5 Å². The van der Waals surface area contributed by atoms with E-state index in [9.17, 15) is 9.59 Å². The lowest BCUT2D eigenvalue weighted by Crippen LogP contribution is -2.31. The first-order valence-electron chi connectivity index (χ1n) is 9.67. The summed E-state index contributed by atoms with van der Waals surface area (Å²) in [6, 6.07) is 4.00. The van der Waals surface area contributed by atoms with E-state index in [0.29, 0.717) is 32.0 Å². The normalized spacial score (nSPS) is 23.9. The highest BCUT2D eigenvalue weighted by Crippen LogP contribution is 2.34. The molecular formula is C20H29N3O3. The maximum absolute atomic E-state index is 12.8. The zero-order chi connectivity index (χ0) is 18.4. The van der Waals surface area contributed by atoms with Crippen LogP contribution in [0, 0.1) is 11.8 Å². The van der Waals surface area contributed by atoms with Crippen LogP contribution in [-0.4, -0.2) is 48.0 Å². The number of hydrogen-bond donors (Lipinski definition) is 1. The van der Waals surface area contributed by atoms with Gasteiger partial charge in [0.25, 0.3) is 0 Å². The Morgan fingerprint density at radius 3 is 2.58 bits per heavy atom. The van der Waals surface area contributed by atoms with Crippen LogP contribution in [0.25, 0.3) is 0 Å². The van der Waals surface area contributed by atoms with E-state index in [1.165, 1.54) is 37.7 Å². The zero-order valence-corrected chi connectivity index (χ0v) is 15.3. The van der Waals surface area contributed by atoms with Crippen molar-refractivity contribution < 1.29 is 14.3 Å². The molecule has 2 heterocycles. The lowest BCUT2D eigenvalue weighted by atomic mass is 9.87. The molecule has 1 aliphatic heterocycles. The highest BCUT2D eigenvalue weighted by atomic mass is 16.5. The second kappa shape index (κ2) is 9.12. The quantitative estimate of drug-likeness (QED) is 0.808. The molecule has 2 atom stereocenters. The van der Waals surface area contributed by atoms with Crippen LogP contribution in [0.15, 0.2) is 24.5 Å². The summed E-state index contributed by atoms with van der Waals surface area (Å²) in [7, 11) is 0. The van der Waals surface area contributed by atoms with Gasteiger partial charge in [-0.2, -0.15) is 0 Å². The predicted molar refractivity (Wildman–Crippen MR) is 98.3 cm³/mol. The molecule has 0 spiro atoms. The summed E-state index contributed by atoms with van der Waals surface area (Å²) < 4.78 is 5.48. The summed E-state index contributed by atoms with van der Waals surface area (Å²) in [6.45, 7) is 1.75. The Morgan fingerprint density at radius 2 is 1.88 bits per heavy atom. The van der Waals surface area contributed by atoms with Gasteiger partial charge in [-0.25, -0.2) is 0 Å². The molecule has 2 unspecified atom stereocenters. The first-order chi connectivity index (χ1) is 12.6. The molecule has 1 saturated heterocycles. The minimum Gasteiger partial charge on any atom is -0.371 e. The van der Waals surface area contributed by atoms with E-state index in [2.05, 4.69) is 4.98 Å². The molecule has 0 bridgehead atoms. The van der Waals surface area contributed by atoms with Crippen molar-refractivity contribution >= 4 is 11.8 Å². The van der Waals surface area contributed by atoms with Gasteiger partial charge in [0.15, 0.2) is 0 Å². The van der Waals surface area contributed by atoms with Gasteiger partial charge < -0.3 is 15.4 Å². The number of likely N-dealkylation sites (tertiary alicyclic amines) is 1. The number of hydrogen-bond acceptors (Lipinski definition) is 4. The van der Waals surface area contributed by atoms with Crippen LogP contribution < -0.4 is 5.73 Å². The monoisotopic (exact) mass is 359 g/mol. The number of carbonyl (C=O) groups is 2. The second-order valence-corrected chi connectivity index (χ2v) is 7.64. The van der Waals surface area contributed by atoms with Crippen LogP contribution >= 0.6 is 0 Å². The van der Waals surface area contributed by atoms with Gasteiger partial charge in [-0.15, -0.1) is 0 Å². The summed E-state index contributed by atoms with van der Waals surface area (Å²) >= 11 is 0. The molecule has 2 amide bonds. The molecule has 2 fully saturated rings. The molecule has 142 valence electrons. The number of carbonyl (C=O) groups excluding carboxylic acids is 2. The van der Waals surface area contributed by atoms with Crippen molar-refractivity contribution in [2.24, 2.45) is 17.6 Å². The number of aromatic nitrogens is 1. The molecule has 1 aromatic rings. The van der Waals surface area contributed by atoms with Crippen LogP contribution in [0.5, 0.6) is 0 Å². The van der Waals surface area contributed by atoms with Crippen molar-refractivity contribution in [2.45, 2.75) is 44.4 Å². The van der Waals surface area contributed by atoms with E-state index < -0.39 is 5.91 Å². The Hall–Kier alpha value is -1.95. The number of amides is 2. The van der Waals surface area contributed by atoms with Crippen LogP contribution in [0.1, 0.15) is 50.0 Å². The first kappa shape index (κ1) is 18.8. The van der Waals surface area contributed by atoms with E-state index in [1.807, 2.05) is 17.0 Å². The molecule has 2 N–H and O–H groups in total. The Labute approximate surface area is 155 Å². The average Bonchev–Trinajstić information content (AvgIpc) is 3.07. The maximum atomic E-state index is 12.8. The number of rotatable bonds is 7. The summed E-state index contributed by atoms with van der Waals surface area (Å²) in [6.07, 6.45) is 10.4. The van der Waals surface area contributed by atoms with Gasteiger partial charge in [0.1, 0.15) is 6.61 Å². The van der Waals surface area contributed by atoms with Gasteiger partial charge in [-0.3, -0.25) is 14.6 Å². The standard InChI is InChI=1S/C20H29N3O3/c21-19(24)14-26-13-17-11-23(12-18(17)16-6-8-22-9-7-16)20(25)10-15-4-2-1-3-5-15/h6-9,15,17-18H,1-5,10-14H2,(H2,21,24). The Balaban J connectivity index is 1.62. The number of primary amides is 1. The van der Waals surface area contributed by atoms with Crippen molar-refractivity contribution in [2.75, 3.05) is 26.3 Å². The van der Waals surface area contributed by atoms with Gasteiger partial charge in [0.2, 0.25) is 11.8 Å². The molecular weight excluding hydrogens is 330 g/mol. The minimum absolute atomic E-state index is 0.0738. The average molecular weight is 359 g/mol. The van der Waals surface area contributed by atoms with Crippen molar-refractivity contribution in [3.05, 3.63) is 30.1 Å². The van der Waals surface area contributed by atoms with Crippen LogP contribution in [0.3, 0.4) is 0 Å². The Morgan fingerprint density at radius 1 is 1.15 bits per heavy atom. The zero-order valence-electron chi connectivity index (χ0n) is 15.3. The fraction of sp³-hybridized carbons (Fsp3) is 0.650. The third-order valence-corrected chi connectivity index (χ3v) is 5.69. The summed E-state index contributed by atoms with van der Waals surface area (Å²) in [5.41, 5.74) is 6.33. The van der Waals surface area contributed by atoms with E-state index in [0.717, 1.165) is 0 Å². The third kappa shape index (κ3) is 5.04. The van der Waals surface area contributed by atoms with Gasteiger partial charge in [-0.1, -0.05) is 19.3 Å². The number of pyridine rings is 1. The van der Waals surface area contributed by atoms with Crippen molar-refractivity contribution in [3.63, 3.8) is 0 Å². The highest BCUT2D eigenvalue weighted by molar-refractivity contribution is 5.77. The van der Waals surface area contributed by atoms with Gasteiger partial charge >= 0.3 is 0 Å². The predicted octanol–water partition coefficient (Wildman–Crippen LogP) is 2.10. The fourth-order valence-electron chi connectivity index (χ4n) is 4.31. The smallest absolute Gasteiger partial charge is 0.243 e. The molecule has 1 saturated carbocycles. The summed E-state index contributed by atoms with van der Waals surface area (Å²) in [5, 5.41) is 0. The molecule has 0 aromatic carbocycles. The minimum atomic E-state index is -0.464. The molecule has 1 aromatic heterocycles. The number of nitrogens with two attached hydrogens (primary N) is 1. The highest BCUT2D eigenvalue weighted by Gasteiger charge is 2.36. The maximum Gasteiger partial charge on any atom is 0.243 e. The van der Waals surface area contributed by atoms with Gasteiger partial charge in [0.05, 0.1) is 6.61 Å². The van der Waals surface area contributed by atoms with Gasteiger partial charge in [-0.05, 0) is 36.5 Å². The molecule has 6 nitrogen and oxygen atoms in total. The molecule has 1 aliphatic carbocycles. The van der Waals surface area contributed by atoms with Crippen molar-refractivity contribution in [3.8, 4) is 0 Å². The molecule has 3 rings (SSSR count). The van der Waals surface area contributed by atoms with Crippen LogP contribution in [-0.2, 0) is 14.3 Å². The van der Waals surface area contributed by atoms with E-state index in [-0.39, 0.29) is 24.3 Å². The molecule has 0 radical (unpaired) electrons. The largest absolute Gasteiger partial charge is 0.371 e. The van der Waals surface area contributed by atoms with Crippen molar-refractivity contribution in [1.29, 1.82) is 0 Å². The number of nitrogens with zero attached hydrogens (tertiary/aromatic N) is 2. The summed E-state index contributed by atoms with van der Waals surface area (Å²) in [5.74, 6) is 0.719. The van der Waals surface area contributed by atoms with E-state index >= 15 is 0 Å². The Bertz CT molecular complexity index is 602. The fourth-order valence-corrected chi connectivity index (χ4v) is 4.31. The second-order valence-electron chi connectivity index (χ2n) is 7.64. The Kier molecular flexibility index (Phi) is 6.61. The van der Waals surface area contributed by atoms with Crippen LogP contribution in [0.4, 0.5) is 0 Å². The lowest BCUT2D eigenvalue weighted by Gasteiger charge is -2.24. The number of ether oxygens (including phenoxy) is 1. The lowest BCUT2D eigenvalue weighted by molar-refractivity contribution is -0.131. The third-order valence-electron chi connectivity index (χ3n) is 5.69. The van der Waals surface area contributed by atoms with E-state index in [1.54, 1.807) is 12.4 Å². The SMILES string of the molecule is NC(=O)COCC1CN(C(=O)CC2CCCCC2)CC1c1ccncc1. The first-order valence-corrected chi connectivity index (χ1v) is 9.67. The molecule has 26 heavy (non-hydrogen) atoms.